The van der Waals surface area contributed by atoms with Crippen LogP contribution in [0.3, 0.4) is 0 Å². The number of aliphatic hydroxyl groups is 1. The van der Waals surface area contributed by atoms with Crippen molar-refractivity contribution in [1.82, 2.24) is 9.78 Å². The number of carbonyl (C=O) groups excluding carboxylic acids is 1. The molecule has 9 heteroatoms. The molecule has 126 valence electrons. The summed E-state index contributed by atoms with van der Waals surface area (Å²) in [4.78, 5) is 11.3. The van der Waals surface area contributed by atoms with Crippen LogP contribution in [0.2, 0.25) is 0 Å². The van der Waals surface area contributed by atoms with Crippen molar-refractivity contribution in [3.05, 3.63) is 41.1 Å². The van der Waals surface area contributed by atoms with Gasteiger partial charge < -0.3 is 14.3 Å². The second-order valence-corrected chi connectivity index (χ2v) is 4.78. The lowest BCUT2D eigenvalue weighted by Crippen LogP contribution is -2.10. The molecule has 2 heterocycles. The Morgan fingerprint density at radius 1 is 1.43 bits per heavy atom. The normalized spacial score (nSPS) is 11.7. The average Bonchev–Trinajstić information content (AvgIpc) is 3.11. The predicted molar refractivity (Wildman–Crippen MR) is 71.8 cm³/mol. The molecule has 2 aromatic heterocycles. The summed E-state index contributed by atoms with van der Waals surface area (Å²) >= 11 is 0. The third-order valence-corrected chi connectivity index (χ3v) is 3.08. The number of alkyl halides is 3. The van der Waals surface area contributed by atoms with Crippen LogP contribution in [0.4, 0.5) is 13.2 Å². The van der Waals surface area contributed by atoms with Gasteiger partial charge in [0.25, 0.3) is 0 Å². The zero-order valence-corrected chi connectivity index (χ0v) is 12.3. The minimum absolute atomic E-state index is 0.00583. The van der Waals surface area contributed by atoms with Gasteiger partial charge in [-0.2, -0.15) is 18.3 Å². The largest absolute Gasteiger partial charge is 0.463 e. The van der Waals surface area contributed by atoms with Gasteiger partial charge in [0.1, 0.15) is 5.76 Å². The van der Waals surface area contributed by atoms with Crippen molar-refractivity contribution in [1.29, 1.82) is 0 Å². The average molecular weight is 332 g/mol. The third-order valence-electron chi connectivity index (χ3n) is 3.08. The van der Waals surface area contributed by atoms with E-state index >= 15 is 0 Å². The summed E-state index contributed by atoms with van der Waals surface area (Å²) in [6.45, 7) is -0.262. The van der Waals surface area contributed by atoms with Crippen LogP contribution in [0.5, 0.6) is 0 Å². The van der Waals surface area contributed by atoms with E-state index < -0.39 is 17.8 Å². The monoisotopic (exact) mass is 332 g/mol. The van der Waals surface area contributed by atoms with Crippen LogP contribution in [-0.4, -0.2) is 34.6 Å². The van der Waals surface area contributed by atoms with E-state index in [1.165, 1.54) is 25.4 Å². The summed E-state index contributed by atoms with van der Waals surface area (Å²) in [5.41, 5.74) is -0.975. The summed E-state index contributed by atoms with van der Waals surface area (Å²) in [5, 5.41) is 12.3. The van der Waals surface area contributed by atoms with E-state index in [0.717, 1.165) is 4.68 Å². The SMILES string of the molecule is COC(=O)c1ccc(Cn2cc(CCCO)c(C(F)(F)F)n2)o1. The number of carbonyl (C=O) groups is 1. The van der Waals surface area contributed by atoms with Crippen molar-refractivity contribution in [2.45, 2.75) is 25.6 Å². The Morgan fingerprint density at radius 3 is 2.78 bits per heavy atom. The van der Waals surface area contributed by atoms with E-state index in [0.29, 0.717) is 0 Å². The number of hydrogen-bond acceptors (Lipinski definition) is 5. The minimum Gasteiger partial charge on any atom is -0.463 e. The number of nitrogens with zero attached hydrogens (tertiary/aromatic N) is 2. The van der Waals surface area contributed by atoms with Crippen LogP contribution in [0.25, 0.3) is 0 Å². The predicted octanol–water partition coefficient (Wildman–Crippen LogP) is 2.25. The molecule has 0 aliphatic heterocycles. The number of rotatable bonds is 6. The van der Waals surface area contributed by atoms with Gasteiger partial charge in [0, 0.05) is 18.4 Å². The molecule has 0 saturated heterocycles. The van der Waals surface area contributed by atoms with Gasteiger partial charge in [0.2, 0.25) is 5.76 Å². The van der Waals surface area contributed by atoms with E-state index in [4.69, 9.17) is 9.52 Å². The van der Waals surface area contributed by atoms with E-state index in [1.54, 1.807) is 0 Å². The van der Waals surface area contributed by atoms with Gasteiger partial charge in [-0.15, -0.1) is 0 Å². The number of halogens is 3. The standard InChI is InChI=1S/C14H15F3N2O4/c1-22-13(21)11-5-4-10(23-11)8-19-7-9(3-2-6-20)12(18-19)14(15,16)17/h4-5,7,20H,2-3,6,8H2,1H3. The van der Waals surface area contributed by atoms with Gasteiger partial charge in [0.05, 0.1) is 13.7 Å². The third kappa shape index (κ3) is 4.13. The fraction of sp³-hybridized carbons (Fsp3) is 0.429. The zero-order chi connectivity index (χ0) is 17.0. The second-order valence-electron chi connectivity index (χ2n) is 4.78. The Kier molecular flexibility index (Phi) is 5.09. The summed E-state index contributed by atoms with van der Waals surface area (Å²) in [6.07, 6.45) is -3.03. The van der Waals surface area contributed by atoms with E-state index in [1.807, 2.05) is 0 Å². The molecule has 23 heavy (non-hydrogen) atoms. The first-order valence-corrected chi connectivity index (χ1v) is 6.76. The highest BCUT2D eigenvalue weighted by Crippen LogP contribution is 2.31. The first kappa shape index (κ1) is 17.1. The van der Waals surface area contributed by atoms with Crippen molar-refractivity contribution in [3.8, 4) is 0 Å². The quantitative estimate of drug-likeness (QED) is 0.821. The molecule has 0 saturated carbocycles. The molecule has 6 nitrogen and oxygen atoms in total. The molecular weight excluding hydrogens is 317 g/mol. The van der Waals surface area contributed by atoms with Gasteiger partial charge in [-0.25, -0.2) is 4.79 Å². The number of methoxy groups -OCH3 is 1. The maximum absolute atomic E-state index is 13.0. The van der Waals surface area contributed by atoms with Crippen LogP contribution in [0, 0.1) is 0 Å². The van der Waals surface area contributed by atoms with E-state index in [9.17, 15) is 18.0 Å². The number of aryl methyl sites for hydroxylation is 1. The molecule has 0 bridgehead atoms. The Labute approximate surface area is 129 Å². The van der Waals surface area contributed by atoms with Gasteiger partial charge >= 0.3 is 12.1 Å². The number of aliphatic hydroxyl groups excluding tert-OH is 1. The van der Waals surface area contributed by atoms with Crippen LogP contribution in [0.1, 0.15) is 34.0 Å². The summed E-state index contributed by atoms with van der Waals surface area (Å²) in [6, 6.07) is 2.84. The molecule has 2 rings (SSSR count). The van der Waals surface area contributed by atoms with Crippen molar-refractivity contribution >= 4 is 5.97 Å². The number of aromatic nitrogens is 2. The second kappa shape index (κ2) is 6.86. The van der Waals surface area contributed by atoms with Gasteiger partial charge in [0.15, 0.2) is 5.69 Å². The molecule has 0 fully saturated rings. The van der Waals surface area contributed by atoms with Gasteiger partial charge in [-0.1, -0.05) is 0 Å². The minimum atomic E-state index is -4.57. The Hall–Kier alpha value is -2.29. The molecule has 2 aromatic rings. The Bertz CT molecular complexity index is 676. The van der Waals surface area contributed by atoms with Crippen LogP contribution < -0.4 is 0 Å². The lowest BCUT2D eigenvalue weighted by molar-refractivity contribution is -0.142. The molecule has 0 atom stereocenters. The first-order valence-electron chi connectivity index (χ1n) is 6.76. The maximum atomic E-state index is 13.0. The van der Waals surface area contributed by atoms with Crippen LogP contribution >= 0.6 is 0 Å². The molecule has 1 N–H and O–H groups in total. The summed E-state index contributed by atoms with van der Waals surface area (Å²) < 4.78 is 49.7. The molecule has 0 aliphatic rings. The van der Waals surface area contributed by atoms with Gasteiger partial charge in [-0.05, 0) is 25.0 Å². The highest BCUT2D eigenvalue weighted by Gasteiger charge is 2.36. The molecule has 0 amide bonds. The Morgan fingerprint density at radius 2 is 2.17 bits per heavy atom. The number of furan rings is 1. The van der Waals surface area contributed by atoms with Crippen molar-refractivity contribution in [3.63, 3.8) is 0 Å². The summed E-state index contributed by atoms with van der Waals surface area (Å²) in [7, 11) is 1.20. The van der Waals surface area contributed by atoms with Crippen LogP contribution in [-0.2, 0) is 23.9 Å². The van der Waals surface area contributed by atoms with Crippen molar-refractivity contribution in [2.24, 2.45) is 0 Å². The topological polar surface area (TPSA) is 77.5 Å². The van der Waals surface area contributed by atoms with Crippen molar-refractivity contribution < 1.29 is 32.2 Å². The number of ether oxygens (including phenoxy) is 1. The maximum Gasteiger partial charge on any atom is 0.435 e. The molecule has 0 spiro atoms. The van der Waals surface area contributed by atoms with Crippen LogP contribution in [0.15, 0.2) is 22.7 Å². The smallest absolute Gasteiger partial charge is 0.435 e. The molecule has 0 aliphatic carbocycles. The molecule has 0 aromatic carbocycles. The highest BCUT2D eigenvalue weighted by atomic mass is 19.4. The zero-order valence-electron chi connectivity index (χ0n) is 12.3. The van der Waals surface area contributed by atoms with Crippen molar-refractivity contribution in [2.75, 3.05) is 13.7 Å². The summed E-state index contributed by atoms with van der Waals surface area (Å²) in [5.74, 6) is -0.433. The number of hydrogen-bond donors (Lipinski definition) is 1. The molecule has 0 unspecified atom stereocenters. The fourth-order valence-corrected chi connectivity index (χ4v) is 2.07. The van der Waals surface area contributed by atoms with E-state index in [2.05, 4.69) is 9.84 Å². The number of esters is 1. The van der Waals surface area contributed by atoms with E-state index in [-0.39, 0.29) is 43.1 Å². The Balaban J connectivity index is 2.21. The lowest BCUT2D eigenvalue weighted by atomic mass is 10.1. The molecular formula is C14H15F3N2O4. The van der Waals surface area contributed by atoms with Gasteiger partial charge in [-0.3, -0.25) is 4.68 Å². The fourth-order valence-electron chi connectivity index (χ4n) is 2.07. The first-order chi connectivity index (χ1) is 10.8. The highest BCUT2D eigenvalue weighted by molar-refractivity contribution is 5.86. The molecule has 0 radical (unpaired) electrons. The lowest BCUT2D eigenvalue weighted by Gasteiger charge is -2.04.